The molecule has 0 saturated carbocycles. The average molecular weight is 537 g/mol. The lowest BCUT2D eigenvalue weighted by atomic mass is 9.69. The summed E-state index contributed by atoms with van der Waals surface area (Å²) in [4.78, 5) is 10.2. The number of aromatic nitrogens is 2. The Morgan fingerprint density at radius 2 is 0.952 bits per heavy atom. The van der Waals surface area contributed by atoms with Crippen LogP contribution >= 0.6 is 0 Å². The van der Waals surface area contributed by atoms with Crippen LogP contribution in [-0.4, -0.2) is 9.97 Å². The molecule has 198 valence electrons. The Kier molecular flexibility index (Phi) is 5.97. The van der Waals surface area contributed by atoms with Crippen molar-refractivity contribution < 1.29 is 0 Å². The molecule has 0 aliphatic heterocycles. The first-order valence-corrected chi connectivity index (χ1v) is 14.5. The van der Waals surface area contributed by atoms with Crippen LogP contribution in [0.3, 0.4) is 0 Å². The third-order valence-electron chi connectivity index (χ3n) is 8.48. The number of hydrogen-bond acceptors (Lipinski definition) is 2. The number of nitrogens with zero attached hydrogens (tertiary/aromatic N) is 2. The van der Waals surface area contributed by atoms with Crippen LogP contribution in [-0.2, 0) is 0 Å². The van der Waals surface area contributed by atoms with E-state index < -0.39 is 0 Å². The lowest BCUT2D eigenvalue weighted by molar-refractivity contribution is 0.720. The van der Waals surface area contributed by atoms with E-state index in [-0.39, 0.29) is 0 Å². The lowest BCUT2D eigenvalue weighted by Crippen LogP contribution is -2.16. The predicted octanol–water partition coefficient (Wildman–Crippen LogP) is 10.1. The Morgan fingerprint density at radius 1 is 0.381 bits per heavy atom. The molecule has 0 N–H and O–H groups in total. The van der Waals surface area contributed by atoms with Crippen LogP contribution in [0, 0.1) is 0 Å². The minimum absolute atomic E-state index is 0.303. The minimum atomic E-state index is 0.303. The van der Waals surface area contributed by atoms with Crippen LogP contribution in [0.4, 0.5) is 0 Å². The van der Waals surface area contributed by atoms with Gasteiger partial charge in [-0.2, -0.15) is 0 Å². The van der Waals surface area contributed by atoms with E-state index in [0.29, 0.717) is 11.8 Å². The maximum Gasteiger partial charge on any atom is 0.160 e. The van der Waals surface area contributed by atoms with Crippen LogP contribution in [0.15, 0.2) is 158 Å². The Morgan fingerprint density at radius 3 is 1.71 bits per heavy atom. The summed E-state index contributed by atoms with van der Waals surface area (Å²) >= 11 is 0. The molecule has 0 saturated heterocycles. The number of hydrogen-bond donors (Lipinski definition) is 0. The fourth-order valence-corrected chi connectivity index (χ4v) is 6.43. The van der Waals surface area contributed by atoms with E-state index in [1.807, 2.05) is 18.2 Å². The Balaban J connectivity index is 1.29. The summed E-state index contributed by atoms with van der Waals surface area (Å²) in [6.45, 7) is 0. The third-order valence-corrected chi connectivity index (χ3v) is 8.48. The van der Waals surface area contributed by atoms with Gasteiger partial charge in [-0.15, -0.1) is 0 Å². The van der Waals surface area contributed by atoms with Gasteiger partial charge in [-0.25, -0.2) is 9.97 Å². The van der Waals surface area contributed by atoms with E-state index in [2.05, 4.69) is 140 Å². The van der Waals surface area contributed by atoms with Gasteiger partial charge in [0.1, 0.15) is 0 Å². The summed E-state index contributed by atoms with van der Waals surface area (Å²) in [6, 6.07) is 47.2. The van der Waals surface area contributed by atoms with Gasteiger partial charge in [0, 0.05) is 28.5 Å². The molecular weight excluding hydrogens is 508 g/mol. The summed E-state index contributed by atoms with van der Waals surface area (Å²) in [5.74, 6) is 1.38. The molecule has 2 aliphatic carbocycles. The molecule has 0 fully saturated rings. The smallest absolute Gasteiger partial charge is 0.160 e. The molecule has 6 aromatic rings. The second kappa shape index (κ2) is 10.2. The SMILES string of the molecule is C1=CC2c3ccccc3-c3ccc(-c4cc(-c5cccc(-c6ccccc6)c5)nc(-c5ccccc5)n4)cc3C2C=C1. The van der Waals surface area contributed by atoms with Crippen molar-refractivity contribution in [2.45, 2.75) is 11.8 Å². The van der Waals surface area contributed by atoms with Gasteiger partial charge in [-0.1, -0.05) is 140 Å². The predicted molar refractivity (Wildman–Crippen MR) is 173 cm³/mol. The molecule has 1 aromatic heterocycles. The molecule has 1 heterocycles. The van der Waals surface area contributed by atoms with Crippen LogP contribution in [0.25, 0.3) is 56.2 Å². The maximum atomic E-state index is 5.13. The molecule has 0 radical (unpaired) electrons. The minimum Gasteiger partial charge on any atom is -0.228 e. The van der Waals surface area contributed by atoms with Crippen molar-refractivity contribution in [2.24, 2.45) is 0 Å². The lowest BCUT2D eigenvalue weighted by Gasteiger charge is -2.34. The highest BCUT2D eigenvalue weighted by atomic mass is 14.9. The van der Waals surface area contributed by atoms with Crippen LogP contribution in [0.5, 0.6) is 0 Å². The summed E-state index contributed by atoms with van der Waals surface area (Å²) in [5.41, 5.74) is 12.8. The van der Waals surface area contributed by atoms with Gasteiger partial charge in [0.25, 0.3) is 0 Å². The van der Waals surface area contributed by atoms with Crippen molar-refractivity contribution in [3.63, 3.8) is 0 Å². The maximum absolute atomic E-state index is 5.13. The van der Waals surface area contributed by atoms with Crippen molar-refractivity contribution >= 4 is 0 Å². The number of fused-ring (bicyclic) bond motifs is 6. The molecule has 2 nitrogen and oxygen atoms in total. The molecule has 2 unspecified atom stereocenters. The van der Waals surface area contributed by atoms with Crippen molar-refractivity contribution in [1.82, 2.24) is 9.97 Å². The van der Waals surface area contributed by atoms with Crippen LogP contribution < -0.4 is 0 Å². The summed E-state index contributed by atoms with van der Waals surface area (Å²) in [5, 5.41) is 0. The summed E-state index contributed by atoms with van der Waals surface area (Å²) in [7, 11) is 0. The second-order valence-electron chi connectivity index (χ2n) is 11.0. The number of allylic oxidation sites excluding steroid dienone is 4. The normalized spacial score (nSPS) is 16.4. The molecule has 42 heavy (non-hydrogen) atoms. The zero-order valence-corrected chi connectivity index (χ0v) is 23.1. The molecule has 0 spiro atoms. The van der Waals surface area contributed by atoms with Gasteiger partial charge < -0.3 is 0 Å². The molecule has 0 amide bonds. The molecule has 8 rings (SSSR count). The third kappa shape index (κ3) is 4.29. The average Bonchev–Trinajstić information content (AvgIpc) is 3.09. The summed E-state index contributed by atoms with van der Waals surface area (Å²) in [6.07, 6.45) is 9.05. The van der Waals surface area contributed by atoms with Crippen molar-refractivity contribution in [3.05, 3.63) is 169 Å². The van der Waals surface area contributed by atoms with E-state index in [9.17, 15) is 0 Å². The van der Waals surface area contributed by atoms with Gasteiger partial charge in [-0.3, -0.25) is 0 Å². The number of rotatable bonds is 4. The first kappa shape index (κ1) is 24.5. The Bertz CT molecular complexity index is 1990. The van der Waals surface area contributed by atoms with E-state index in [4.69, 9.17) is 9.97 Å². The van der Waals surface area contributed by atoms with E-state index >= 15 is 0 Å². The Hall–Kier alpha value is -5.34. The molecular formula is C40H28N2. The van der Waals surface area contributed by atoms with Crippen LogP contribution in [0.2, 0.25) is 0 Å². The van der Waals surface area contributed by atoms with Gasteiger partial charge in [-0.05, 0) is 51.6 Å². The van der Waals surface area contributed by atoms with Crippen molar-refractivity contribution in [1.29, 1.82) is 0 Å². The van der Waals surface area contributed by atoms with Crippen LogP contribution in [0.1, 0.15) is 23.0 Å². The first-order chi connectivity index (χ1) is 20.8. The molecule has 2 heteroatoms. The molecule has 5 aromatic carbocycles. The van der Waals surface area contributed by atoms with Gasteiger partial charge in [0.2, 0.25) is 0 Å². The van der Waals surface area contributed by atoms with Gasteiger partial charge in [0.05, 0.1) is 11.4 Å². The Labute approximate surface area is 246 Å². The zero-order valence-electron chi connectivity index (χ0n) is 23.1. The largest absolute Gasteiger partial charge is 0.228 e. The standard InChI is InChI=1S/C40H28N2/c1-3-12-27(13-4-1)29-16-11-17-30(24-29)38-26-39(42-40(41-38)28-14-5-2-6-15-28)31-22-23-36-34-20-8-7-18-32(34)33-19-9-10-21-35(33)37(36)25-31/h1-26,33,35H. The second-order valence-corrected chi connectivity index (χ2v) is 11.0. The highest BCUT2D eigenvalue weighted by Crippen LogP contribution is 2.50. The number of benzene rings is 5. The summed E-state index contributed by atoms with van der Waals surface area (Å²) < 4.78 is 0. The highest BCUT2D eigenvalue weighted by molar-refractivity contribution is 5.81. The van der Waals surface area contributed by atoms with E-state index in [1.54, 1.807) is 0 Å². The first-order valence-electron chi connectivity index (χ1n) is 14.5. The van der Waals surface area contributed by atoms with Crippen molar-refractivity contribution in [2.75, 3.05) is 0 Å². The topological polar surface area (TPSA) is 25.8 Å². The fraction of sp³-hybridized carbons (Fsp3) is 0.0500. The quantitative estimate of drug-likeness (QED) is 0.224. The van der Waals surface area contributed by atoms with E-state index in [0.717, 1.165) is 33.9 Å². The molecule has 2 atom stereocenters. The van der Waals surface area contributed by atoms with Crippen molar-refractivity contribution in [3.8, 4) is 56.2 Å². The molecule has 0 bridgehead atoms. The highest BCUT2D eigenvalue weighted by Gasteiger charge is 2.31. The van der Waals surface area contributed by atoms with E-state index in [1.165, 1.54) is 33.4 Å². The fourth-order valence-electron chi connectivity index (χ4n) is 6.43. The zero-order chi connectivity index (χ0) is 27.9. The molecule has 2 aliphatic rings. The monoisotopic (exact) mass is 536 g/mol. The van der Waals surface area contributed by atoms with Gasteiger partial charge in [0.15, 0.2) is 5.82 Å². The van der Waals surface area contributed by atoms with Gasteiger partial charge >= 0.3 is 0 Å².